The van der Waals surface area contributed by atoms with Crippen LogP contribution in [0.15, 0.2) is 0 Å². The van der Waals surface area contributed by atoms with E-state index < -0.39 is 17.7 Å². The van der Waals surface area contributed by atoms with E-state index in [0.29, 0.717) is 0 Å². The predicted octanol–water partition coefficient (Wildman–Crippen LogP) is 4.29. The zero-order chi connectivity index (χ0) is 16.1. The molecule has 21 heavy (non-hydrogen) atoms. The SMILES string of the molecule is CCCC[P+](C)(CCCC)CCCC.COS(=O)(=O)[O-].N. The van der Waals surface area contributed by atoms with Crippen LogP contribution < -0.4 is 6.15 Å². The van der Waals surface area contributed by atoms with Crippen molar-refractivity contribution in [3.8, 4) is 0 Å². The van der Waals surface area contributed by atoms with Crippen LogP contribution in [0.1, 0.15) is 59.3 Å². The summed E-state index contributed by atoms with van der Waals surface area (Å²) in [6, 6.07) is 0. The normalized spacial score (nSPS) is 11.3. The Bertz CT molecular complexity index is 288. The van der Waals surface area contributed by atoms with Crippen molar-refractivity contribution in [1.82, 2.24) is 6.15 Å². The standard InChI is InChI=1S/C13H30P.CH4O4S.H3N/c1-5-8-11-14(4,12-9-6-2)13-10-7-3;1-5-6(2,3)4;/h5-13H2,1-4H3;1H3,(H,2,3,4);1H3/q+1;;/p-1. The zero-order valence-corrected chi connectivity index (χ0v) is 16.3. The maximum absolute atomic E-state index is 9.22. The van der Waals surface area contributed by atoms with E-state index in [4.69, 9.17) is 0 Å². The molecule has 0 aliphatic heterocycles. The Hall–Kier alpha value is 0.260. The summed E-state index contributed by atoms with van der Waals surface area (Å²) in [6.07, 6.45) is 13.2. The molecule has 0 unspecified atom stereocenters. The van der Waals surface area contributed by atoms with E-state index >= 15 is 0 Å². The van der Waals surface area contributed by atoms with Crippen LogP contribution in [0.5, 0.6) is 0 Å². The highest BCUT2D eigenvalue weighted by atomic mass is 32.3. The molecular weight excluding hydrogens is 309 g/mol. The molecule has 132 valence electrons. The lowest BCUT2D eigenvalue weighted by molar-refractivity contribution is 0.314. The number of unbranched alkanes of at least 4 members (excludes halogenated alkanes) is 3. The molecule has 0 spiro atoms. The number of hydrogen-bond acceptors (Lipinski definition) is 5. The van der Waals surface area contributed by atoms with E-state index in [1.165, 1.54) is 38.5 Å². The second-order valence-electron chi connectivity index (χ2n) is 5.43. The lowest BCUT2D eigenvalue weighted by Gasteiger charge is -2.22. The number of rotatable bonds is 10. The van der Waals surface area contributed by atoms with Gasteiger partial charge in [0.2, 0.25) is 10.4 Å². The highest BCUT2D eigenvalue weighted by Gasteiger charge is 2.28. The van der Waals surface area contributed by atoms with E-state index in [9.17, 15) is 13.0 Å². The van der Waals surface area contributed by atoms with Crippen molar-refractivity contribution in [2.24, 2.45) is 0 Å². The average Bonchev–Trinajstić information content (AvgIpc) is 2.41. The third kappa shape index (κ3) is 20.3. The smallest absolute Gasteiger partial charge is 0.217 e. The monoisotopic (exact) mass is 345 g/mol. The van der Waals surface area contributed by atoms with Gasteiger partial charge >= 0.3 is 0 Å². The molecule has 5 nitrogen and oxygen atoms in total. The third-order valence-electron chi connectivity index (χ3n) is 3.36. The topological polar surface area (TPSA) is 101 Å². The molecule has 0 aromatic carbocycles. The Morgan fingerprint density at radius 1 is 0.905 bits per heavy atom. The Labute approximate surface area is 133 Å². The third-order valence-corrected chi connectivity index (χ3v) is 7.95. The van der Waals surface area contributed by atoms with Gasteiger partial charge in [0.1, 0.15) is 0 Å². The van der Waals surface area contributed by atoms with Crippen LogP contribution in [-0.2, 0) is 14.6 Å². The van der Waals surface area contributed by atoms with Crippen molar-refractivity contribution in [2.75, 3.05) is 32.3 Å². The van der Waals surface area contributed by atoms with E-state index in [1.807, 2.05) is 0 Å². The Morgan fingerprint density at radius 3 is 1.29 bits per heavy atom. The molecule has 0 rings (SSSR count). The molecule has 0 radical (unpaired) electrons. The fourth-order valence-corrected chi connectivity index (χ4v) is 5.86. The molecule has 0 aromatic heterocycles. The molecule has 0 bridgehead atoms. The molecule has 0 atom stereocenters. The second kappa shape index (κ2) is 15.2. The molecule has 0 amide bonds. The van der Waals surface area contributed by atoms with Crippen LogP contribution in [-0.4, -0.2) is 45.2 Å². The maximum atomic E-state index is 9.22. The first kappa shape index (κ1) is 26.2. The Morgan fingerprint density at radius 2 is 1.14 bits per heavy atom. The van der Waals surface area contributed by atoms with Gasteiger partial charge in [-0.2, -0.15) is 0 Å². The zero-order valence-electron chi connectivity index (χ0n) is 14.6. The highest BCUT2D eigenvalue weighted by Crippen LogP contribution is 2.57. The van der Waals surface area contributed by atoms with Crippen LogP contribution in [0, 0.1) is 0 Å². The van der Waals surface area contributed by atoms with Gasteiger partial charge in [0.15, 0.2) is 0 Å². The van der Waals surface area contributed by atoms with Crippen LogP contribution in [0.4, 0.5) is 0 Å². The summed E-state index contributed by atoms with van der Waals surface area (Å²) in [4.78, 5) is 0. The minimum atomic E-state index is -4.41. The van der Waals surface area contributed by atoms with Crippen LogP contribution >= 0.6 is 7.26 Å². The summed E-state index contributed by atoms with van der Waals surface area (Å²) in [5.74, 6) is 0. The first-order chi connectivity index (χ1) is 9.24. The summed E-state index contributed by atoms with van der Waals surface area (Å²) >= 11 is 0. The molecule has 0 saturated carbocycles. The fourth-order valence-electron chi connectivity index (χ4n) is 1.95. The van der Waals surface area contributed by atoms with E-state index in [1.54, 1.807) is 18.5 Å². The van der Waals surface area contributed by atoms with Gasteiger partial charge < -0.3 is 10.7 Å². The average molecular weight is 345 g/mol. The van der Waals surface area contributed by atoms with Crippen LogP contribution in [0.25, 0.3) is 0 Å². The van der Waals surface area contributed by atoms with E-state index in [-0.39, 0.29) is 6.15 Å². The van der Waals surface area contributed by atoms with Crippen molar-refractivity contribution in [3.63, 3.8) is 0 Å². The molecule has 0 heterocycles. The molecule has 7 heteroatoms. The van der Waals surface area contributed by atoms with Crippen LogP contribution in [0.2, 0.25) is 0 Å². The highest BCUT2D eigenvalue weighted by molar-refractivity contribution is 7.80. The maximum Gasteiger partial charge on any atom is 0.217 e. The van der Waals surface area contributed by atoms with Gasteiger partial charge in [0.25, 0.3) is 0 Å². The van der Waals surface area contributed by atoms with Gasteiger partial charge in [-0.25, -0.2) is 8.42 Å². The summed E-state index contributed by atoms with van der Waals surface area (Å²) < 4.78 is 31.0. The molecule has 0 aliphatic rings. The quantitative estimate of drug-likeness (QED) is 0.361. The summed E-state index contributed by atoms with van der Waals surface area (Å²) in [6.45, 7) is 9.59. The molecule has 0 aromatic rings. The minimum Gasteiger partial charge on any atom is -0.726 e. The molecule has 0 fully saturated rings. The summed E-state index contributed by atoms with van der Waals surface area (Å²) in [5.41, 5.74) is 0. The van der Waals surface area contributed by atoms with Gasteiger partial charge in [-0.15, -0.1) is 0 Å². The van der Waals surface area contributed by atoms with Crippen molar-refractivity contribution in [1.29, 1.82) is 0 Å². The van der Waals surface area contributed by atoms with E-state index in [0.717, 1.165) is 7.11 Å². The Kier molecular flexibility index (Phi) is 18.9. The lowest BCUT2D eigenvalue weighted by Crippen LogP contribution is -2.07. The van der Waals surface area contributed by atoms with Crippen LogP contribution in [0.3, 0.4) is 0 Å². The van der Waals surface area contributed by atoms with Gasteiger partial charge in [0.05, 0.1) is 25.6 Å². The summed E-state index contributed by atoms with van der Waals surface area (Å²) in [7, 11) is -4.12. The second-order valence-corrected chi connectivity index (χ2v) is 11.2. The summed E-state index contributed by atoms with van der Waals surface area (Å²) in [5, 5.41) is 0. The lowest BCUT2D eigenvalue weighted by atomic mass is 10.4. The van der Waals surface area contributed by atoms with Crippen molar-refractivity contribution in [2.45, 2.75) is 59.3 Å². The minimum absolute atomic E-state index is 0. The molecule has 0 aliphatic carbocycles. The predicted molar refractivity (Wildman–Crippen MR) is 93.9 cm³/mol. The van der Waals surface area contributed by atoms with Gasteiger partial charge in [-0.1, -0.05) is 40.0 Å². The Balaban J connectivity index is -0.000000394. The van der Waals surface area contributed by atoms with Gasteiger partial charge in [0, 0.05) is 13.9 Å². The first-order valence-electron chi connectivity index (χ1n) is 7.59. The van der Waals surface area contributed by atoms with Crippen molar-refractivity contribution >= 4 is 17.7 Å². The molecule has 3 N–H and O–H groups in total. The first-order valence-corrected chi connectivity index (χ1v) is 11.7. The van der Waals surface area contributed by atoms with Gasteiger partial charge in [-0.3, -0.25) is 4.18 Å². The molecule has 0 saturated heterocycles. The van der Waals surface area contributed by atoms with Crippen molar-refractivity contribution in [3.05, 3.63) is 0 Å². The van der Waals surface area contributed by atoms with E-state index in [2.05, 4.69) is 31.6 Å². The molecular formula is C14H36NO4PS. The largest absolute Gasteiger partial charge is 0.726 e. The fraction of sp³-hybridized carbons (Fsp3) is 1.00. The van der Waals surface area contributed by atoms with Crippen molar-refractivity contribution < 1.29 is 17.2 Å². The number of hydrogen-bond donors (Lipinski definition) is 1. The van der Waals surface area contributed by atoms with Gasteiger partial charge in [-0.05, 0) is 19.3 Å².